The maximum atomic E-state index is 12.0. The van der Waals surface area contributed by atoms with Gasteiger partial charge in [0.05, 0.1) is 0 Å². The van der Waals surface area contributed by atoms with Crippen LogP contribution in [-0.4, -0.2) is 24.3 Å². The summed E-state index contributed by atoms with van der Waals surface area (Å²) in [4.78, 5) is 35.7. The molecule has 2 rings (SSSR count). The molecule has 0 unspecified atom stereocenters. The third kappa shape index (κ3) is 7.29. The monoisotopic (exact) mass is 397 g/mol. The van der Waals surface area contributed by atoms with Crippen molar-refractivity contribution in [1.29, 1.82) is 0 Å². The number of rotatable bonds is 7. The normalized spacial score (nSPS) is 10.2. The fourth-order valence-corrected chi connectivity index (χ4v) is 2.65. The molecule has 0 bridgehead atoms. The average Bonchev–Trinajstić information content (AvgIpc) is 2.67. The van der Waals surface area contributed by atoms with Crippen molar-refractivity contribution in [3.63, 3.8) is 0 Å². The number of anilines is 1. The lowest BCUT2D eigenvalue weighted by Crippen LogP contribution is -2.44. The number of ether oxygens (including phenoxy) is 1. The van der Waals surface area contributed by atoms with E-state index in [1.165, 1.54) is 0 Å². The first-order chi connectivity index (χ1) is 13.7. The molecule has 2 aromatic carbocycles. The van der Waals surface area contributed by atoms with Crippen molar-refractivity contribution >= 4 is 23.4 Å². The Kier molecular flexibility index (Phi) is 7.77. The summed E-state index contributed by atoms with van der Waals surface area (Å²) in [5, 5.41) is 2.79. The zero-order valence-electron chi connectivity index (χ0n) is 17.2. The highest BCUT2D eigenvalue weighted by Crippen LogP contribution is 2.18. The Hall–Kier alpha value is -3.35. The number of benzene rings is 2. The minimum absolute atomic E-state index is 0.00808. The van der Waals surface area contributed by atoms with Gasteiger partial charge in [-0.3, -0.25) is 25.2 Å². The van der Waals surface area contributed by atoms with Gasteiger partial charge in [0.2, 0.25) is 11.8 Å². The van der Waals surface area contributed by atoms with Gasteiger partial charge in [0, 0.05) is 18.5 Å². The number of amides is 3. The molecule has 7 nitrogen and oxygen atoms in total. The number of carbonyl (C=O) groups is 3. The van der Waals surface area contributed by atoms with E-state index in [-0.39, 0.29) is 25.4 Å². The first kappa shape index (κ1) is 21.9. The topological polar surface area (TPSA) is 96.5 Å². The van der Waals surface area contributed by atoms with Crippen LogP contribution in [0.5, 0.6) is 5.75 Å². The van der Waals surface area contributed by atoms with Gasteiger partial charge in [-0.2, -0.15) is 0 Å². The Morgan fingerprint density at radius 2 is 1.38 bits per heavy atom. The van der Waals surface area contributed by atoms with E-state index in [2.05, 4.69) is 16.2 Å². The molecule has 0 heterocycles. The van der Waals surface area contributed by atoms with Crippen molar-refractivity contribution in [2.24, 2.45) is 0 Å². The molecule has 0 saturated heterocycles. The van der Waals surface area contributed by atoms with Crippen molar-refractivity contribution in [3.8, 4) is 5.75 Å². The van der Waals surface area contributed by atoms with E-state index in [0.717, 1.165) is 27.9 Å². The predicted octanol–water partition coefficient (Wildman–Crippen LogP) is 2.87. The van der Waals surface area contributed by atoms with Gasteiger partial charge in [0.1, 0.15) is 5.75 Å². The maximum absolute atomic E-state index is 12.0. The molecule has 29 heavy (non-hydrogen) atoms. The SMILES string of the molecule is Cc1ccc(OCC(=O)NNC(=O)CCC(=O)Nc2cc(C)ccc2C)c(C)c1. The van der Waals surface area contributed by atoms with Gasteiger partial charge in [-0.1, -0.05) is 29.8 Å². The molecule has 7 heteroatoms. The largest absolute Gasteiger partial charge is 0.483 e. The molecule has 0 radical (unpaired) electrons. The Labute approximate surface area is 170 Å². The van der Waals surface area contributed by atoms with E-state index in [4.69, 9.17) is 4.74 Å². The Morgan fingerprint density at radius 3 is 2.10 bits per heavy atom. The molecule has 0 aliphatic heterocycles. The van der Waals surface area contributed by atoms with Gasteiger partial charge in [0.15, 0.2) is 6.61 Å². The molecular weight excluding hydrogens is 370 g/mol. The van der Waals surface area contributed by atoms with Crippen LogP contribution < -0.4 is 20.9 Å². The summed E-state index contributed by atoms with van der Waals surface area (Å²) in [6, 6.07) is 11.4. The summed E-state index contributed by atoms with van der Waals surface area (Å²) in [7, 11) is 0. The van der Waals surface area contributed by atoms with Crippen LogP contribution in [0, 0.1) is 27.7 Å². The lowest BCUT2D eigenvalue weighted by Gasteiger charge is -2.11. The van der Waals surface area contributed by atoms with E-state index in [1.807, 2.05) is 58.0 Å². The van der Waals surface area contributed by atoms with E-state index in [1.54, 1.807) is 6.07 Å². The quantitative estimate of drug-likeness (QED) is 0.626. The Balaban J connectivity index is 1.69. The van der Waals surface area contributed by atoms with E-state index < -0.39 is 11.8 Å². The molecule has 154 valence electrons. The highest BCUT2D eigenvalue weighted by Gasteiger charge is 2.10. The van der Waals surface area contributed by atoms with Crippen molar-refractivity contribution in [3.05, 3.63) is 58.7 Å². The number of hydrogen-bond acceptors (Lipinski definition) is 4. The minimum Gasteiger partial charge on any atom is -0.483 e. The summed E-state index contributed by atoms with van der Waals surface area (Å²) in [6.45, 7) is 7.48. The second-order valence-electron chi connectivity index (χ2n) is 7.02. The van der Waals surface area contributed by atoms with Crippen LogP contribution in [0.2, 0.25) is 0 Å². The maximum Gasteiger partial charge on any atom is 0.276 e. The predicted molar refractivity (Wildman–Crippen MR) is 111 cm³/mol. The van der Waals surface area contributed by atoms with Gasteiger partial charge in [0.25, 0.3) is 5.91 Å². The number of hydrogen-bond donors (Lipinski definition) is 3. The summed E-state index contributed by atoms with van der Waals surface area (Å²) in [6.07, 6.45) is -0.0386. The summed E-state index contributed by atoms with van der Waals surface area (Å²) < 4.78 is 5.44. The van der Waals surface area contributed by atoms with Crippen molar-refractivity contribution in [2.45, 2.75) is 40.5 Å². The molecule has 0 spiro atoms. The number of carbonyl (C=O) groups excluding carboxylic acids is 3. The third-order valence-corrected chi connectivity index (χ3v) is 4.28. The van der Waals surface area contributed by atoms with Crippen LogP contribution in [0.15, 0.2) is 36.4 Å². The van der Waals surface area contributed by atoms with Crippen LogP contribution in [0.3, 0.4) is 0 Å². The standard InChI is InChI=1S/C22H27N3O4/c1-14-6-8-19(17(4)11-14)29-13-22(28)25-24-21(27)10-9-20(26)23-18-12-15(2)5-7-16(18)3/h5-8,11-12H,9-10,13H2,1-4H3,(H,23,26)(H,24,27)(H,25,28). The molecule has 3 amide bonds. The molecule has 0 fully saturated rings. The highest BCUT2D eigenvalue weighted by atomic mass is 16.5. The second kappa shape index (κ2) is 10.3. The lowest BCUT2D eigenvalue weighted by molar-refractivity contribution is -0.130. The van der Waals surface area contributed by atoms with Gasteiger partial charge in [-0.05, 0) is 56.5 Å². The van der Waals surface area contributed by atoms with Crippen LogP contribution in [0.25, 0.3) is 0 Å². The first-order valence-electron chi connectivity index (χ1n) is 9.39. The fraction of sp³-hybridized carbons (Fsp3) is 0.318. The van der Waals surface area contributed by atoms with Crippen LogP contribution >= 0.6 is 0 Å². The summed E-state index contributed by atoms with van der Waals surface area (Å²) in [5.74, 6) is -0.599. The summed E-state index contributed by atoms with van der Waals surface area (Å²) in [5.41, 5.74) is 9.31. The molecular formula is C22H27N3O4. The van der Waals surface area contributed by atoms with Gasteiger partial charge < -0.3 is 10.1 Å². The number of hydrazine groups is 1. The molecule has 2 aromatic rings. The minimum atomic E-state index is -0.488. The fourth-order valence-electron chi connectivity index (χ4n) is 2.65. The second-order valence-corrected chi connectivity index (χ2v) is 7.02. The van der Waals surface area contributed by atoms with Gasteiger partial charge in [-0.25, -0.2) is 0 Å². The van der Waals surface area contributed by atoms with Crippen LogP contribution in [-0.2, 0) is 14.4 Å². The first-order valence-corrected chi connectivity index (χ1v) is 9.39. The lowest BCUT2D eigenvalue weighted by atomic mass is 10.1. The summed E-state index contributed by atoms with van der Waals surface area (Å²) >= 11 is 0. The van der Waals surface area contributed by atoms with E-state index >= 15 is 0 Å². The highest BCUT2D eigenvalue weighted by molar-refractivity contribution is 5.94. The van der Waals surface area contributed by atoms with Crippen LogP contribution in [0.4, 0.5) is 5.69 Å². The zero-order valence-corrected chi connectivity index (χ0v) is 17.2. The van der Waals surface area contributed by atoms with Crippen molar-refractivity contribution in [2.75, 3.05) is 11.9 Å². The zero-order chi connectivity index (χ0) is 21.4. The molecule has 0 aliphatic carbocycles. The number of nitrogens with one attached hydrogen (secondary N) is 3. The van der Waals surface area contributed by atoms with Crippen molar-refractivity contribution in [1.82, 2.24) is 10.9 Å². The molecule has 3 N–H and O–H groups in total. The van der Waals surface area contributed by atoms with E-state index in [0.29, 0.717) is 5.75 Å². The molecule has 0 aromatic heterocycles. The Morgan fingerprint density at radius 1 is 0.759 bits per heavy atom. The van der Waals surface area contributed by atoms with E-state index in [9.17, 15) is 14.4 Å². The smallest absolute Gasteiger partial charge is 0.276 e. The number of aryl methyl sites for hydroxylation is 4. The molecule has 0 saturated carbocycles. The van der Waals surface area contributed by atoms with Gasteiger partial charge in [-0.15, -0.1) is 0 Å². The third-order valence-electron chi connectivity index (χ3n) is 4.28. The molecule has 0 atom stereocenters. The van der Waals surface area contributed by atoms with Gasteiger partial charge >= 0.3 is 0 Å². The Bertz CT molecular complexity index is 909. The molecule has 0 aliphatic rings. The van der Waals surface area contributed by atoms with Crippen molar-refractivity contribution < 1.29 is 19.1 Å². The van der Waals surface area contributed by atoms with Crippen LogP contribution in [0.1, 0.15) is 35.1 Å². The average molecular weight is 397 g/mol.